The van der Waals surface area contributed by atoms with E-state index in [9.17, 15) is 0 Å². The smallest absolute Gasteiger partial charge is 0.319 e. The third-order valence-corrected chi connectivity index (χ3v) is 6.25. The molecule has 1 aliphatic carbocycles. The van der Waals surface area contributed by atoms with Crippen LogP contribution in [0.1, 0.15) is 48.1 Å². The van der Waals surface area contributed by atoms with Crippen molar-refractivity contribution >= 4 is 11.2 Å². The maximum absolute atomic E-state index is 5.83. The van der Waals surface area contributed by atoms with Crippen LogP contribution in [0.15, 0.2) is 54.9 Å². The standard InChI is InChI=1S/C21H21N5O2.C5H8O/c1-14-18-19(25-21(23-14)28-13-16-9-11-22-12-10-16)26(15(2)24-18)20(27-3)17-7-5-4-6-8-17;1-2-5-3-4(1)6-5/h4-12,20H,13H2,1-3H3;4-5H,1-3H2. The molecule has 8 nitrogen and oxygen atoms in total. The van der Waals surface area contributed by atoms with Gasteiger partial charge >= 0.3 is 6.01 Å². The molecule has 34 heavy (non-hydrogen) atoms. The molecule has 176 valence electrons. The average Bonchev–Trinajstić information content (AvgIpc) is 3.58. The van der Waals surface area contributed by atoms with E-state index in [4.69, 9.17) is 14.2 Å². The number of nitrogens with zero attached hydrogens (tertiary/aromatic N) is 5. The zero-order valence-corrected chi connectivity index (χ0v) is 19.7. The van der Waals surface area contributed by atoms with Crippen molar-refractivity contribution in [3.8, 4) is 6.01 Å². The zero-order chi connectivity index (χ0) is 23.5. The summed E-state index contributed by atoms with van der Waals surface area (Å²) in [7, 11) is 1.68. The molecule has 3 unspecified atom stereocenters. The molecule has 2 bridgehead atoms. The van der Waals surface area contributed by atoms with Crippen molar-refractivity contribution < 1.29 is 14.2 Å². The Morgan fingerprint density at radius 3 is 2.32 bits per heavy atom. The molecule has 3 aliphatic rings. The molecule has 3 aromatic heterocycles. The first kappa shape index (κ1) is 22.4. The fourth-order valence-corrected chi connectivity index (χ4v) is 4.47. The first-order valence-corrected chi connectivity index (χ1v) is 11.6. The summed E-state index contributed by atoms with van der Waals surface area (Å²) in [6, 6.07) is 14.1. The zero-order valence-electron chi connectivity index (χ0n) is 19.7. The lowest BCUT2D eigenvalue weighted by molar-refractivity contribution is -0.0647. The Morgan fingerprint density at radius 1 is 1.00 bits per heavy atom. The van der Waals surface area contributed by atoms with Crippen LogP contribution in [0, 0.1) is 13.8 Å². The van der Waals surface area contributed by atoms with Crippen LogP contribution in [-0.4, -0.2) is 43.8 Å². The van der Waals surface area contributed by atoms with E-state index in [1.54, 1.807) is 19.5 Å². The third-order valence-electron chi connectivity index (χ3n) is 6.25. The van der Waals surface area contributed by atoms with Crippen molar-refractivity contribution in [2.75, 3.05) is 7.11 Å². The van der Waals surface area contributed by atoms with Crippen LogP contribution in [0.3, 0.4) is 0 Å². The van der Waals surface area contributed by atoms with Gasteiger partial charge in [-0.15, -0.1) is 0 Å². The second-order valence-corrected chi connectivity index (χ2v) is 8.63. The number of hydrogen-bond donors (Lipinski definition) is 0. The summed E-state index contributed by atoms with van der Waals surface area (Å²) < 4.78 is 18.8. The van der Waals surface area contributed by atoms with Gasteiger partial charge in [-0.3, -0.25) is 9.55 Å². The highest BCUT2D eigenvalue weighted by molar-refractivity contribution is 5.74. The van der Waals surface area contributed by atoms with Crippen molar-refractivity contribution in [1.29, 1.82) is 0 Å². The van der Waals surface area contributed by atoms with E-state index in [0.717, 1.165) is 28.2 Å². The molecule has 2 saturated heterocycles. The molecular weight excluding hydrogens is 430 g/mol. The second kappa shape index (κ2) is 9.87. The van der Waals surface area contributed by atoms with Crippen molar-refractivity contribution in [3.05, 3.63) is 77.5 Å². The van der Waals surface area contributed by atoms with Crippen molar-refractivity contribution in [3.63, 3.8) is 0 Å². The van der Waals surface area contributed by atoms with E-state index in [1.807, 2.05) is 60.9 Å². The van der Waals surface area contributed by atoms with Crippen LogP contribution in [0.2, 0.25) is 0 Å². The number of hydrogen-bond acceptors (Lipinski definition) is 7. The molecular formula is C26H29N5O3. The second-order valence-electron chi connectivity index (χ2n) is 8.63. The SMILES string of the molecule is C1CC2CC1O2.COC(c1ccccc1)n1c(C)nc2c(C)nc(OCc3ccncc3)nc21. The monoisotopic (exact) mass is 459 g/mol. The molecule has 5 heterocycles. The van der Waals surface area contributed by atoms with Crippen LogP contribution in [-0.2, 0) is 16.1 Å². The summed E-state index contributed by atoms with van der Waals surface area (Å²) in [6.07, 6.45) is 8.54. The maximum Gasteiger partial charge on any atom is 0.319 e. The lowest BCUT2D eigenvalue weighted by Crippen LogP contribution is -2.25. The lowest BCUT2D eigenvalue weighted by atomic mass is 10.2. The number of imidazole rings is 1. The molecule has 2 aliphatic heterocycles. The van der Waals surface area contributed by atoms with Gasteiger partial charge in [-0.2, -0.15) is 9.97 Å². The van der Waals surface area contributed by atoms with E-state index < -0.39 is 0 Å². The number of benzene rings is 1. The van der Waals surface area contributed by atoms with Gasteiger partial charge in [0.25, 0.3) is 0 Å². The van der Waals surface area contributed by atoms with Gasteiger partial charge in [-0.1, -0.05) is 30.3 Å². The highest BCUT2D eigenvalue weighted by Gasteiger charge is 2.36. The summed E-state index contributed by atoms with van der Waals surface area (Å²) in [6.45, 7) is 4.21. The first-order chi connectivity index (χ1) is 16.6. The Balaban J connectivity index is 0.000000343. The Hall–Kier alpha value is -3.36. The lowest BCUT2D eigenvalue weighted by Gasteiger charge is -2.23. The van der Waals surface area contributed by atoms with Crippen molar-refractivity contribution in [2.24, 2.45) is 0 Å². The third kappa shape index (κ3) is 4.64. The number of pyridine rings is 1. The summed E-state index contributed by atoms with van der Waals surface area (Å²) in [5.41, 5.74) is 4.21. The Kier molecular flexibility index (Phi) is 6.51. The summed E-state index contributed by atoms with van der Waals surface area (Å²) in [5.74, 6) is 0.800. The van der Waals surface area contributed by atoms with E-state index in [1.165, 1.54) is 19.3 Å². The molecule has 0 radical (unpaired) electrons. The van der Waals surface area contributed by atoms with Gasteiger partial charge in [0.2, 0.25) is 0 Å². The van der Waals surface area contributed by atoms with E-state index >= 15 is 0 Å². The van der Waals surface area contributed by atoms with Gasteiger partial charge in [-0.05, 0) is 50.8 Å². The normalized spacial score (nSPS) is 19.3. The minimum atomic E-state index is -0.339. The minimum absolute atomic E-state index is 0.311. The average molecular weight is 460 g/mol. The van der Waals surface area contributed by atoms with Crippen LogP contribution in [0.5, 0.6) is 6.01 Å². The van der Waals surface area contributed by atoms with Crippen molar-refractivity contribution in [1.82, 2.24) is 24.5 Å². The fraction of sp³-hybridized carbons (Fsp3) is 0.385. The molecule has 7 rings (SSSR count). The number of ether oxygens (including phenoxy) is 3. The Bertz CT molecular complexity index is 1230. The molecule has 1 aromatic carbocycles. The van der Waals surface area contributed by atoms with Crippen LogP contribution >= 0.6 is 0 Å². The molecule has 4 aromatic rings. The predicted molar refractivity (Wildman–Crippen MR) is 127 cm³/mol. The Labute approximate surface area is 199 Å². The topological polar surface area (TPSA) is 84.2 Å². The summed E-state index contributed by atoms with van der Waals surface area (Å²) in [5, 5.41) is 0. The first-order valence-electron chi connectivity index (χ1n) is 11.6. The summed E-state index contributed by atoms with van der Waals surface area (Å²) >= 11 is 0. The van der Waals surface area contributed by atoms with E-state index in [-0.39, 0.29) is 6.23 Å². The molecule has 0 amide bonds. The number of rotatable bonds is 6. The fourth-order valence-electron chi connectivity index (χ4n) is 4.47. The quantitative estimate of drug-likeness (QED) is 0.418. The van der Waals surface area contributed by atoms with Gasteiger partial charge in [0.05, 0.1) is 17.9 Å². The Morgan fingerprint density at radius 2 is 1.71 bits per heavy atom. The van der Waals surface area contributed by atoms with Crippen molar-refractivity contribution in [2.45, 2.75) is 58.2 Å². The summed E-state index contributed by atoms with van der Waals surface area (Å²) in [4.78, 5) is 17.8. The molecule has 8 heteroatoms. The largest absolute Gasteiger partial charge is 0.459 e. The van der Waals surface area contributed by atoms with Crippen LogP contribution < -0.4 is 4.74 Å². The maximum atomic E-state index is 5.83. The van der Waals surface area contributed by atoms with Gasteiger partial charge in [0, 0.05) is 25.1 Å². The highest BCUT2D eigenvalue weighted by Crippen LogP contribution is 2.36. The van der Waals surface area contributed by atoms with Gasteiger partial charge in [0.1, 0.15) is 17.9 Å². The highest BCUT2D eigenvalue weighted by atomic mass is 16.5. The number of fused-ring (bicyclic) bond motifs is 2. The number of methoxy groups -OCH3 is 1. The van der Waals surface area contributed by atoms with E-state index in [2.05, 4.69) is 19.9 Å². The molecule has 1 saturated carbocycles. The molecule has 0 N–H and O–H groups in total. The molecule has 0 spiro atoms. The van der Waals surface area contributed by atoms with Gasteiger partial charge in [-0.25, -0.2) is 4.98 Å². The predicted octanol–water partition coefficient (Wildman–Crippen LogP) is 4.55. The molecule has 3 fully saturated rings. The van der Waals surface area contributed by atoms with E-state index in [0.29, 0.717) is 30.5 Å². The molecule has 3 atom stereocenters. The number of aryl methyl sites for hydroxylation is 2. The minimum Gasteiger partial charge on any atom is -0.459 e. The van der Waals surface area contributed by atoms with Crippen LogP contribution in [0.25, 0.3) is 11.2 Å². The van der Waals surface area contributed by atoms with Crippen LogP contribution in [0.4, 0.5) is 0 Å². The van der Waals surface area contributed by atoms with Gasteiger partial charge < -0.3 is 14.2 Å². The number of aromatic nitrogens is 5. The van der Waals surface area contributed by atoms with Gasteiger partial charge in [0.15, 0.2) is 11.9 Å².